The summed E-state index contributed by atoms with van der Waals surface area (Å²) in [6.45, 7) is 6.99. The first-order valence-corrected chi connectivity index (χ1v) is 9.78. The highest BCUT2D eigenvalue weighted by atomic mass is 16.5. The van der Waals surface area contributed by atoms with E-state index >= 15 is 0 Å². The maximum absolute atomic E-state index is 6.39. The van der Waals surface area contributed by atoms with Gasteiger partial charge in [-0.15, -0.1) is 0 Å². The smallest absolute Gasteiger partial charge is 0.0603 e. The number of hydrogen-bond donors (Lipinski definition) is 0. The summed E-state index contributed by atoms with van der Waals surface area (Å²) in [5.41, 5.74) is 3.34. The molecule has 3 heteroatoms. The molecule has 24 heavy (non-hydrogen) atoms. The SMILES string of the molecule is Cc1ccc(N2CCC3(CC2)CC(OC2CCN(C)CC2)C3)cc1. The van der Waals surface area contributed by atoms with Gasteiger partial charge in [-0.2, -0.15) is 0 Å². The van der Waals surface area contributed by atoms with Gasteiger partial charge in [-0.25, -0.2) is 0 Å². The standard InChI is InChI=1S/C21H32N2O/c1-17-3-5-18(6-4-17)23-13-9-21(10-14-23)15-20(16-21)24-19-7-11-22(2)12-8-19/h3-6,19-20H,7-16H2,1-2H3. The maximum atomic E-state index is 6.39. The number of anilines is 1. The monoisotopic (exact) mass is 328 g/mol. The molecule has 1 saturated carbocycles. The number of rotatable bonds is 3. The molecule has 1 aliphatic carbocycles. The molecule has 0 atom stereocenters. The van der Waals surface area contributed by atoms with E-state index in [4.69, 9.17) is 4.74 Å². The topological polar surface area (TPSA) is 15.7 Å². The number of benzene rings is 1. The Morgan fingerprint density at radius 1 is 0.917 bits per heavy atom. The summed E-state index contributed by atoms with van der Waals surface area (Å²) < 4.78 is 6.39. The molecule has 0 unspecified atom stereocenters. The van der Waals surface area contributed by atoms with Crippen LogP contribution in [0.4, 0.5) is 5.69 Å². The van der Waals surface area contributed by atoms with Crippen LogP contribution in [-0.2, 0) is 4.74 Å². The number of piperidine rings is 2. The van der Waals surface area contributed by atoms with Crippen LogP contribution < -0.4 is 4.90 Å². The van der Waals surface area contributed by atoms with Crippen molar-refractivity contribution in [1.29, 1.82) is 0 Å². The van der Waals surface area contributed by atoms with Gasteiger partial charge >= 0.3 is 0 Å². The molecule has 3 fully saturated rings. The van der Waals surface area contributed by atoms with Crippen LogP contribution in [0.1, 0.15) is 44.1 Å². The van der Waals surface area contributed by atoms with Crippen molar-refractivity contribution >= 4 is 5.69 Å². The van der Waals surface area contributed by atoms with Crippen LogP contribution in [-0.4, -0.2) is 50.3 Å². The summed E-state index contributed by atoms with van der Waals surface area (Å²) in [6.07, 6.45) is 8.81. The molecule has 2 aliphatic heterocycles. The molecular formula is C21H32N2O. The van der Waals surface area contributed by atoms with Crippen molar-refractivity contribution in [2.75, 3.05) is 38.1 Å². The summed E-state index contributed by atoms with van der Waals surface area (Å²) in [6, 6.07) is 9.02. The second kappa shape index (κ2) is 6.68. The van der Waals surface area contributed by atoms with Crippen molar-refractivity contribution in [1.82, 2.24) is 4.90 Å². The van der Waals surface area contributed by atoms with E-state index in [9.17, 15) is 0 Å². The Kier molecular flexibility index (Phi) is 4.57. The van der Waals surface area contributed by atoms with Gasteiger partial charge in [-0.3, -0.25) is 0 Å². The summed E-state index contributed by atoms with van der Waals surface area (Å²) in [4.78, 5) is 4.98. The third-order valence-electron chi connectivity index (χ3n) is 6.60. The average Bonchev–Trinajstić information content (AvgIpc) is 2.57. The second-order valence-electron chi connectivity index (χ2n) is 8.49. The molecule has 2 heterocycles. The van der Waals surface area contributed by atoms with Gasteiger partial charge in [0.15, 0.2) is 0 Å². The zero-order valence-corrected chi connectivity index (χ0v) is 15.3. The van der Waals surface area contributed by atoms with Crippen LogP contribution in [0.2, 0.25) is 0 Å². The minimum atomic E-state index is 0.524. The van der Waals surface area contributed by atoms with Gasteiger partial charge < -0.3 is 14.5 Å². The van der Waals surface area contributed by atoms with Gasteiger partial charge in [0.1, 0.15) is 0 Å². The lowest BCUT2D eigenvalue weighted by Gasteiger charge is -2.53. The van der Waals surface area contributed by atoms with Crippen LogP contribution in [0.5, 0.6) is 0 Å². The fourth-order valence-corrected chi connectivity index (χ4v) is 4.80. The third-order valence-corrected chi connectivity index (χ3v) is 6.60. The van der Waals surface area contributed by atoms with Gasteiger partial charge in [0.25, 0.3) is 0 Å². The Balaban J connectivity index is 1.23. The molecule has 3 aliphatic rings. The maximum Gasteiger partial charge on any atom is 0.0603 e. The number of hydrogen-bond acceptors (Lipinski definition) is 3. The minimum absolute atomic E-state index is 0.524. The number of likely N-dealkylation sites (tertiary alicyclic amines) is 1. The Labute approximate surface area is 147 Å². The lowest BCUT2D eigenvalue weighted by molar-refractivity contribution is -0.132. The Hall–Kier alpha value is -1.06. The van der Waals surface area contributed by atoms with Crippen LogP contribution in [0.3, 0.4) is 0 Å². The van der Waals surface area contributed by atoms with Crippen LogP contribution in [0.25, 0.3) is 0 Å². The molecule has 0 bridgehead atoms. The summed E-state index contributed by atoms with van der Waals surface area (Å²) in [5, 5.41) is 0. The molecule has 0 aromatic heterocycles. The average molecular weight is 329 g/mol. The summed E-state index contributed by atoms with van der Waals surface area (Å²) >= 11 is 0. The van der Waals surface area contributed by atoms with Gasteiger partial charge in [0.05, 0.1) is 12.2 Å². The van der Waals surface area contributed by atoms with E-state index in [1.165, 1.54) is 76.0 Å². The molecule has 0 amide bonds. The number of aryl methyl sites for hydroxylation is 1. The first kappa shape index (κ1) is 16.4. The predicted molar refractivity (Wildman–Crippen MR) is 99.7 cm³/mol. The Morgan fingerprint density at radius 2 is 1.54 bits per heavy atom. The fraction of sp³-hybridized carbons (Fsp3) is 0.714. The van der Waals surface area contributed by atoms with E-state index in [2.05, 4.69) is 48.0 Å². The zero-order chi connectivity index (χ0) is 16.6. The fourth-order valence-electron chi connectivity index (χ4n) is 4.80. The van der Waals surface area contributed by atoms with Gasteiger partial charge in [-0.1, -0.05) is 17.7 Å². The van der Waals surface area contributed by atoms with Crippen molar-refractivity contribution < 1.29 is 4.74 Å². The quantitative estimate of drug-likeness (QED) is 0.838. The first-order chi connectivity index (χ1) is 11.6. The van der Waals surface area contributed by atoms with Crippen molar-refractivity contribution in [3.63, 3.8) is 0 Å². The lowest BCUT2D eigenvalue weighted by atomic mass is 9.61. The van der Waals surface area contributed by atoms with Crippen molar-refractivity contribution in [3.05, 3.63) is 29.8 Å². The van der Waals surface area contributed by atoms with E-state index in [1.54, 1.807) is 0 Å². The van der Waals surface area contributed by atoms with Crippen LogP contribution in [0, 0.1) is 12.3 Å². The summed E-state index contributed by atoms with van der Waals surface area (Å²) in [5.74, 6) is 0. The molecule has 132 valence electrons. The molecule has 3 nitrogen and oxygen atoms in total. The largest absolute Gasteiger partial charge is 0.375 e. The molecule has 4 rings (SSSR count). The van der Waals surface area contributed by atoms with Crippen LogP contribution >= 0.6 is 0 Å². The van der Waals surface area contributed by atoms with E-state index in [0.717, 1.165) is 0 Å². The molecule has 1 aromatic carbocycles. The normalized spacial score (nSPS) is 25.8. The van der Waals surface area contributed by atoms with Crippen molar-refractivity contribution in [2.24, 2.45) is 5.41 Å². The summed E-state index contributed by atoms with van der Waals surface area (Å²) in [7, 11) is 2.22. The highest BCUT2D eigenvalue weighted by Crippen LogP contribution is 2.51. The van der Waals surface area contributed by atoms with E-state index in [0.29, 0.717) is 17.6 Å². The predicted octanol–water partition coefficient (Wildman–Crippen LogP) is 3.85. The minimum Gasteiger partial charge on any atom is -0.375 e. The van der Waals surface area contributed by atoms with Gasteiger partial charge in [0, 0.05) is 31.9 Å². The number of ether oxygens (including phenoxy) is 1. The van der Waals surface area contributed by atoms with Crippen molar-refractivity contribution in [3.8, 4) is 0 Å². The molecular weight excluding hydrogens is 296 g/mol. The zero-order valence-electron chi connectivity index (χ0n) is 15.3. The molecule has 0 N–H and O–H groups in total. The highest BCUT2D eigenvalue weighted by molar-refractivity contribution is 5.48. The van der Waals surface area contributed by atoms with Crippen molar-refractivity contribution in [2.45, 2.75) is 57.7 Å². The first-order valence-electron chi connectivity index (χ1n) is 9.78. The Morgan fingerprint density at radius 3 is 2.17 bits per heavy atom. The second-order valence-corrected chi connectivity index (χ2v) is 8.49. The van der Waals surface area contributed by atoms with E-state index in [-0.39, 0.29) is 0 Å². The Bertz CT molecular complexity index is 531. The van der Waals surface area contributed by atoms with Crippen LogP contribution in [0.15, 0.2) is 24.3 Å². The molecule has 0 radical (unpaired) electrons. The van der Waals surface area contributed by atoms with Gasteiger partial charge in [0.2, 0.25) is 0 Å². The van der Waals surface area contributed by atoms with Gasteiger partial charge in [-0.05, 0) is 70.0 Å². The molecule has 2 saturated heterocycles. The lowest BCUT2D eigenvalue weighted by Crippen LogP contribution is -2.51. The highest BCUT2D eigenvalue weighted by Gasteiger charge is 2.47. The van der Waals surface area contributed by atoms with E-state index in [1.807, 2.05) is 0 Å². The number of nitrogens with zero attached hydrogens (tertiary/aromatic N) is 2. The molecule has 1 aromatic rings. The van der Waals surface area contributed by atoms with E-state index < -0.39 is 0 Å². The molecule has 1 spiro atoms. The third kappa shape index (κ3) is 3.48.